The highest BCUT2D eigenvalue weighted by Crippen LogP contribution is 2.16. The van der Waals surface area contributed by atoms with Crippen molar-refractivity contribution in [3.05, 3.63) is 65.0 Å². The fraction of sp³-hybridized carbons (Fsp3) is 0.188. The van der Waals surface area contributed by atoms with Crippen molar-refractivity contribution < 1.29 is 17.6 Å². The minimum Gasteiger partial charge on any atom is -0.348 e. The number of hydrogen-bond donors (Lipinski definition) is 2. The third kappa shape index (κ3) is 4.79. The summed E-state index contributed by atoms with van der Waals surface area (Å²) in [6.07, 6.45) is 1.05. The Morgan fingerprint density at radius 3 is 2.52 bits per heavy atom. The Hall–Kier alpha value is -2.41. The minimum absolute atomic E-state index is 0.118. The topological polar surface area (TPSA) is 75.3 Å². The smallest absolute Gasteiger partial charge is 0.251 e. The van der Waals surface area contributed by atoms with Crippen LogP contribution in [0.2, 0.25) is 0 Å². The first-order chi connectivity index (χ1) is 10.8. The molecule has 2 N–H and O–H groups in total. The number of anilines is 1. The van der Waals surface area contributed by atoms with Gasteiger partial charge in [0.1, 0.15) is 5.82 Å². The second-order valence-corrected chi connectivity index (χ2v) is 6.93. The number of rotatable bonds is 5. The molecule has 0 aliphatic heterocycles. The van der Waals surface area contributed by atoms with E-state index in [-0.39, 0.29) is 12.1 Å². The van der Waals surface area contributed by atoms with Crippen LogP contribution >= 0.6 is 0 Å². The maximum absolute atomic E-state index is 13.5. The van der Waals surface area contributed by atoms with Gasteiger partial charge in [0, 0.05) is 12.1 Å². The molecule has 5 nitrogen and oxygen atoms in total. The molecule has 0 radical (unpaired) electrons. The van der Waals surface area contributed by atoms with Crippen molar-refractivity contribution in [1.29, 1.82) is 0 Å². The molecule has 0 bridgehead atoms. The van der Waals surface area contributed by atoms with E-state index in [1.807, 2.05) is 0 Å². The molecule has 0 aliphatic carbocycles. The number of benzene rings is 2. The van der Waals surface area contributed by atoms with Gasteiger partial charge in [0.15, 0.2) is 0 Å². The van der Waals surface area contributed by atoms with Gasteiger partial charge >= 0.3 is 0 Å². The van der Waals surface area contributed by atoms with Crippen LogP contribution in [0.15, 0.2) is 42.5 Å². The molecule has 2 rings (SSSR count). The molecule has 1 amide bonds. The van der Waals surface area contributed by atoms with E-state index in [9.17, 15) is 17.6 Å². The molecule has 7 heteroatoms. The van der Waals surface area contributed by atoms with Crippen LogP contribution in [0.5, 0.6) is 0 Å². The lowest BCUT2D eigenvalue weighted by molar-refractivity contribution is 0.0950. The number of aryl methyl sites for hydroxylation is 1. The molecule has 2 aromatic rings. The van der Waals surface area contributed by atoms with E-state index in [2.05, 4.69) is 10.0 Å². The van der Waals surface area contributed by atoms with Crippen molar-refractivity contribution in [2.24, 2.45) is 0 Å². The van der Waals surface area contributed by atoms with Crippen molar-refractivity contribution in [1.82, 2.24) is 5.32 Å². The largest absolute Gasteiger partial charge is 0.348 e. The zero-order chi connectivity index (χ0) is 17.0. The van der Waals surface area contributed by atoms with Crippen LogP contribution in [0.3, 0.4) is 0 Å². The highest BCUT2D eigenvalue weighted by molar-refractivity contribution is 7.92. The fourth-order valence-electron chi connectivity index (χ4n) is 1.99. The summed E-state index contributed by atoms with van der Waals surface area (Å²) in [5, 5.41) is 2.65. The van der Waals surface area contributed by atoms with Gasteiger partial charge in [-0.3, -0.25) is 9.52 Å². The number of carbonyl (C=O) groups is 1. The maximum atomic E-state index is 13.5. The van der Waals surface area contributed by atoms with Crippen molar-refractivity contribution in [3.63, 3.8) is 0 Å². The van der Waals surface area contributed by atoms with Crippen LogP contribution in [0.1, 0.15) is 21.5 Å². The summed E-state index contributed by atoms with van der Waals surface area (Å²) in [4.78, 5) is 12.1. The van der Waals surface area contributed by atoms with Gasteiger partial charge in [-0.05, 0) is 36.2 Å². The second-order valence-electron chi connectivity index (χ2n) is 5.18. The van der Waals surface area contributed by atoms with Gasteiger partial charge in [0.2, 0.25) is 10.0 Å². The Labute approximate surface area is 134 Å². The second kappa shape index (κ2) is 6.78. The number of sulfonamides is 1. The molecule has 0 fully saturated rings. The van der Waals surface area contributed by atoms with Crippen LogP contribution in [-0.2, 0) is 16.6 Å². The third-order valence-corrected chi connectivity index (χ3v) is 3.78. The van der Waals surface area contributed by atoms with Gasteiger partial charge in [-0.2, -0.15) is 0 Å². The summed E-state index contributed by atoms with van der Waals surface area (Å²) in [6, 6.07) is 11.0. The van der Waals surface area contributed by atoms with Crippen molar-refractivity contribution in [2.75, 3.05) is 11.0 Å². The van der Waals surface area contributed by atoms with E-state index in [1.54, 1.807) is 31.2 Å². The van der Waals surface area contributed by atoms with Gasteiger partial charge in [0.05, 0.1) is 11.9 Å². The molecule has 0 spiro atoms. The Bertz CT molecular complexity index is 835. The predicted octanol–water partition coefficient (Wildman–Crippen LogP) is 2.44. The van der Waals surface area contributed by atoms with Gasteiger partial charge in [-0.1, -0.05) is 24.3 Å². The monoisotopic (exact) mass is 336 g/mol. The number of hydrogen-bond acceptors (Lipinski definition) is 3. The number of amides is 1. The summed E-state index contributed by atoms with van der Waals surface area (Å²) in [7, 11) is -3.41. The Morgan fingerprint density at radius 2 is 1.87 bits per heavy atom. The van der Waals surface area contributed by atoms with Gasteiger partial charge in [-0.25, -0.2) is 12.8 Å². The van der Waals surface area contributed by atoms with E-state index < -0.39 is 21.7 Å². The van der Waals surface area contributed by atoms with Crippen molar-refractivity contribution in [2.45, 2.75) is 13.5 Å². The SMILES string of the molecule is Cc1ccc(C(=O)NCc2ccccc2NS(C)(=O)=O)cc1F. The normalized spacial score (nSPS) is 11.1. The van der Waals surface area contributed by atoms with Crippen LogP contribution < -0.4 is 10.0 Å². The molecule has 0 heterocycles. The van der Waals surface area contributed by atoms with Gasteiger partial charge in [0.25, 0.3) is 5.91 Å². The van der Waals surface area contributed by atoms with E-state index >= 15 is 0 Å². The summed E-state index contributed by atoms with van der Waals surface area (Å²) in [6.45, 7) is 1.73. The quantitative estimate of drug-likeness (QED) is 0.880. The Kier molecular flexibility index (Phi) is 5.00. The minimum atomic E-state index is -3.41. The van der Waals surface area contributed by atoms with Crippen LogP contribution in [0.4, 0.5) is 10.1 Å². The number of nitrogens with one attached hydrogen (secondary N) is 2. The molecule has 0 unspecified atom stereocenters. The molecule has 0 atom stereocenters. The van der Waals surface area contributed by atoms with Crippen molar-refractivity contribution in [3.8, 4) is 0 Å². The molecule has 2 aromatic carbocycles. The average molecular weight is 336 g/mol. The third-order valence-electron chi connectivity index (χ3n) is 3.19. The molecular formula is C16H17FN2O3S. The lowest BCUT2D eigenvalue weighted by atomic mass is 10.1. The van der Waals surface area contributed by atoms with E-state index in [0.717, 1.165) is 6.26 Å². The molecule has 122 valence electrons. The first-order valence-corrected chi connectivity index (χ1v) is 8.75. The summed E-state index contributed by atoms with van der Waals surface area (Å²) in [5.74, 6) is -0.880. The summed E-state index contributed by atoms with van der Waals surface area (Å²) < 4.78 is 38.6. The van der Waals surface area contributed by atoms with E-state index in [1.165, 1.54) is 18.2 Å². The Balaban J connectivity index is 2.11. The molecule has 0 aromatic heterocycles. The number of carbonyl (C=O) groups excluding carboxylic acids is 1. The maximum Gasteiger partial charge on any atom is 0.251 e. The molecule has 0 saturated heterocycles. The predicted molar refractivity (Wildman–Crippen MR) is 87.2 cm³/mol. The molecule has 0 saturated carbocycles. The molecule has 23 heavy (non-hydrogen) atoms. The standard InChI is InChI=1S/C16H17FN2O3S/c1-11-7-8-12(9-14(11)17)16(20)18-10-13-5-3-4-6-15(13)19-23(2,21)22/h3-9,19H,10H2,1-2H3,(H,18,20). The highest BCUT2D eigenvalue weighted by Gasteiger charge is 2.10. The first kappa shape index (κ1) is 17.0. The van der Waals surface area contributed by atoms with Gasteiger partial charge in [-0.15, -0.1) is 0 Å². The van der Waals surface area contributed by atoms with E-state index in [0.29, 0.717) is 16.8 Å². The molecular weight excluding hydrogens is 319 g/mol. The fourth-order valence-corrected chi connectivity index (χ4v) is 2.58. The lowest BCUT2D eigenvalue weighted by Crippen LogP contribution is -2.24. The van der Waals surface area contributed by atoms with Gasteiger partial charge < -0.3 is 5.32 Å². The van der Waals surface area contributed by atoms with E-state index in [4.69, 9.17) is 0 Å². The average Bonchev–Trinajstić information content (AvgIpc) is 2.47. The molecule has 0 aliphatic rings. The number of halogens is 1. The first-order valence-electron chi connectivity index (χ1n) is 6.86. The lowest BCUT2D eigenvalue weighted by Gasteiger charge is -2.11. The zero-order valence-electron chi connectivity index (χ0n) is 12.8. The highest BCUT2D eigenvalue weighted by atomic mass is 32.2. The summed E-state index contributed by atoms with van der Waals surface area (Å²) in [5.41, 5.74) is 1.68. The van der Waals surface area contributed by atoms with Crippen molar-refractivity contribution >= 4 is 21.6 Å². The zero-order valence-corrected chi connectivity index (χ0v) is 13.6. The van der Waals surface area contributed by atoms with Crippen LogP contribution in [0.25, 0.3) is 0 Å². The van der Waals surface area contributed by atoms with Crippen LogP contribution in [-0.4, -0.2) is 20.6 Å². The Morgan fingerprint density at radius 1 is 1.17 bits per heavy atom. The van der Waals surface area contributed by atoms with Crippen LogP contribution in [0, 0.1) is 12.7 Å². The number of para-hydroxylation sites is 1. The summed E-state index contributed by atoms with van der Waals surface area (Å²) >= 11 is 0.